The fraction of sp³-hybridized carbons (Fsp3) is 0.400. The number of rotatable bonds is 4. The lowest BCUT2D eigenvalue weighted by Gasteiger charge is -2.33. The summed E-state index contributed by atoms with van der Waals surface area (Å²) in [4.78, 5) is 3.80. The standard InChI is InChI=1S/C25H28N2S/c1-18-7-8-23-21(13-18)15-24-25(28)22(17-27(23)24)14-19-9-11-26(12-10-19)16-20-5-3-2-4-6-20/h2-8,13,15,19,22H,9-12,14,16-17H2,1H3. The molecule has 2 aliphatic heterocycles. The van der Waals surface area contributed by atoms with Gasteiger partial charge in [-0.05, 0) is 69.0 Å². The molecule has 3 heteroatoms. The van der Waals surface area contributed by atoms with Crippen molar-refractivity contribution in [3.8, 4) is 0 Å². The van der Waals surface area contributed by atoms with E-state index in [1.807, 2.05) is 0 Å². The fourth-order valence-electron chi connectivity index (χ4n) is 5.11. The van der Waals surface area contributed by atoms with Crippen molar-refractivity contribution in [1.29, 1.82) is 0 Å². The van der Waals surface area contributed by atoms with Crippen LogP contribution in [-0.4, -0.2) is 27.4 Å². The van der Waals surface area contributed by atoms with E-state index >= 15 is 0 Å². The Bertz CT molecular complexity index is 996. The third-order valence-corrected chi connectivity index (χ3v) is 7.20. The molecule has 0 aliphatic carbocycles. The van der Waals surface area contributed by atoms with Crippen LogP contribution in [-0.2, 0) is 13.1 Å². The van der Waals surface area contributed by atoms with E-state index in [1.54, 1.807) is 0 Å². The summed E-state index contributed by atoms with van der Waals surface area (Å²) in [7, 11) is 0. The maximum absolute atomic E-state index is 5.92. The second-order valence-electron chi connectivity index (χ2n) is 8.70. The Hall–Kier alpha value is -1.97. The van der Waals surface area contributed by atoms with Gasteiger partial charge in [0.15, 0.2) is 0 Å². The molecule has 2 aromatic carbocycles. The molecule has 0 saturated carbocycles. The Balaban J connectivity index is 1.20. The zero-order valence-corrected chi connectivity index (χ0v) is 17.4. The van der Waals surface area contributed by atoms with Gasteiger partial charge in [-0.15, -0.1) is 0 Å². The van der Waals surface area contributed by atoms with Crippen molar-refractivity contribution in [2.45, 2.75) is 39.3 Å². The monoisotopic (exact) mass is 388 g/mol. The number of aryl methyl sites for hydroxylation is 1. The van der Waals surface area contributed by atoms with Gasteiger partial charge in [0.2, 0.25) is 0 Å². The lowest BCUT2D eigenvalue weighted by Crippen LogP contribution is -2.34. The molecule has 1 saturated heterocycles. The molecule has 3 heterocycles. The lowest BCUT2D eigenvalue weighted by molar-refractivity contribution is 0.166. The first-order chi connectivity index (χ1) is 13.7. The molecule has 0 spiro atoms. The van der Waals surface area contributed by atoms with Gasteiger partial charge in [0.25, 0.3) is 0 Å². The van der Waals surface area contributed by atoms with E-state index < -0.39 is 0 Å². The molecule has 1 aromatic heterocycles. The summed E-state index contributed by atoms with van der Waals surface area (Å²) in [5.41, 5.74) is 5.39. The van der Waals surface area contributed by atoms with Crippen LogP contribution in [0.1, 0.15) is 36.1 Å². The Labute approximate surface area is 173 Å². The van der Waals surface area contributed by atoms with Gasteiger partial charge in [0.1, 0.15) is 0 Å². The number of hydrogen-bond acceptors (Lipinski definition) is 2. The molecule has 2 nitrogen and oxygen atoms in total. The summed E-state index contributed by atoms with van der Waals surface area (Å²) < 4.78 is 2.46. The van der Waals surface area contributed by atoms with Crippen LogP contribution < -0.4 is 0 Å². The predicted octanol–water partition coefficient (Wildman–Crippen LogP) is 5.60. The molecule has 0 amide bonds. The molecular formula is C25H28N2S. The van der Waals surface area contributed by atoms with Gasteiger partial charge in [-0.25, -0.2) is 0 Å². The molecule has 0 N–H and O–H groups in total. The van der Waals surface area contributed by atoms with Gasteiger partial charge in [-0.1, -0.05) is 54.2 Å². The highest BCUT2D eigenvalue weighted by molar-refractivity contribution is 7.80. The highest BCUT2D eigenvalue weighted by Crippen LogP contribution is 2.35. The molecule has 0 radical (unpaired) electrons. The number of piperidine rings is 1. The Kier molecular flexibility index (Phi) is 4.82. The van der Waals surface area contributed by atoms with Crippen molar-refractivity contribution in [3.05, 3.63) is 71.4 Å². The van der Waals surface area contributed by atoms with Crippen molar-refractivity contribution < 1.29 is 0 Å². The number of aromatic nitrogens is 1. The number of fused-ring (bicyclic) bond motifs is 3. The molecule has 2 aliphatic rings. The average Bonchev–Trinajstić information content (AvgIpc) is 3.20. The smallest absolute Gasteiger partial charge is 0.0563 e. The maximum atomic E-state index is 5.92. The van der Waals surface area contributed by atoms with Crippen molar-refractivity contribution in [2.75, 3.05) is 13.1 Å². The van der Waals surface area contributed by atoms with Gasteiger partial charge in [-0.2, -0.15) is 0 Å². The first-order valence-corrected chi connectivity index (χ1v) is 11.0. The quantitative estimate of drug-likeness (QED) is 0.538. The van der Waals surface area contributed by atoms with Crippen molar-refractivity contribution in [3.63, 3.8) is 0 Å². The largest absolute Gasteiger partial charge is 0.339 e. The van der Waals surface area contributed by atoms with E-state index in [1.165, 1.54) is 64.9 Å². The second kappa shape index (κ2) is 7.46. The third-order valence-electron chi connectivity index (χ3n) is 6.66. The SMILES string of the molecule is Cc1ccc2c(c1)cc1n2CC(CC2CCN(Cc3ccccc3)CC2)C1=S. The highest BCUT2D eigenvalue weighted by atomic mass is 32.1. The van der Waals surface area contributed by atoms with Gasteiger partial charge in [0.05, 0.1) is 5.69 Å². The minimum absolute atomic E-state index is 0.543. The molecule has 5 rings (SSSR count). The van der Waals surface area contributed by atoms with Gasteiger partial charge >= 0.3 is 0 Å². The summed E-state index contributed by atoms with van der Waals surface area (Å²) in [5, 5.41) is 1.34. The average molecular weight is 389 g/mol. The minimum Gasteiger partial charge on any atom is -0.339 e. The van der Waals surface area contributed by atoms with Gasteiger partial charge in [-0.3, -0.25) is 4.90 Å². The number of benzene rings is 2. The molecule has 1 unspecified atom stereocenters. The van der Waals surface area contributed by atoms with E-state index in [0.717, 1.165) is 19.0 Å². The normalized spacial score (nSPS) is 20.8. The van der Waals surface area contributed by atoms with Gasteiger partial charge < -0.3 is 4.57 Å². The van der Waals surface area contributed by atoms with E-state index in [-0.39, 0.29) is 0 Å². The molecule has 1 fully saturated rings. The Morgan fingerprint density at radius 1 is 1.00 bits per heavy atom. The summed E-state index contributed by atoms with van der Waals surface area (Å²) in [6.07, 6.45) is 3.87. The van der Waals surface area contributed by atoms with Crippen LogP contribution in [0.4, 0.5) is 0 Å². The summed E-state index contributed by atoms with van der Waals surface area (Å²) >= 11 is 5.92. The lowest BCUT2D eigenvalue weighted by atomic mass is 9.86. The first kappa shape index (κ1) is 18.1. The Morgan fingerprint density at radius 3 is 2.57 bits per heavy atom. The highest BCUT2D eigenvalue weighted by Gasteiger charge is 2.31. The molecule has 1 atom stereocenters. The molecular weight excluding hydrogens is 360 g/mol. The minimum atomic E-state index is 0.543. The molecule has 0 bridgehead atoms. The summed E-state index contributed by atoms with van der Waals surface area (Å²) in [5.74, 6) is 1.36. The van der Waals surface area contributed by atoms with E-state index in [9.17, 15) is 0 Å². The number of likely N-dealkylation sites (tertiary alicyclic amines) is 1. The summed E-state index contributed by atoms with van der Waals surface area (Å²) in [6.45, 7) is 6.76. The second-order valence-corrected chi connectivity index (χ2v) is 9.14. The first-order valence-electron chi connectivity index (χ1n) is 10.6. The molecule has 28 heavy (non-hydrogen) atoms. The number of hydrogen-bond donors (Lipinski definition) is 0. The van der Waals surface area contributed by atoms with Gasteiger partial charge in [0, 0.05) is 34.8 Å². The zero-order valence-electron chi connectivity index (χ0n) is 16.6. The van der Waals surface area contributed by atoms with Crippen molar-refractivity contribution in [2.24, 2.45) is 11.8 Å². The van der Waals surface area contributed by atoms with E-state index in [2.05, 4.69) is 71.0 Å². The van der Waals surface area contributed by atoms with Crippen LogP contribution >= 0.6 is 12.2 Å². The van der Waals surface area contributed by atoms with Crippen LogP contribution in [0.2, 0.25) is 0 Å². The number of thiocarbonyl (C=S) groups is 1. The summed E-state index contributed by atoms with van der Waals surface area (Å²) in [6, 6.07) is 19.9. The van der Waals surface area contributed by atoms with E-state index in [0.29, 0.717) is 5.92 Å². The zero-order chi connectivity index (χ0) is 19.1. The fourth-order valence-corrected chi connectivity index (χ4v) is 5.45. The van der Waals surface area contributed by atoms with Crippen LogP contribution in [0.15, 0.2) is 54.6 Å². The van der Waals surface area contributed by atoms with Crippen molar-refractivity contribution in [1.82, 2.24) is 9.47 Å². The number of nitrogens with zero attached hydrogens (tertiary/aromatic N) is 2. The third kappa shape index (κ3) is 3.42. The van der Waals surface area contributed by atoms with Crippen LogP contribution in [0.3, 0.4) is 0 Å². The molecule has 144 valence electrons. The Morgan fingerprint density at radius 2 is 1.79 bits per heavy atom. The van der Waals surface area contributed by atoms with Crippen LogP contribution in [0.5, 0.6) is 0 Å². The maximum Gasteiger partial charge on any atom is 0.0563 e. The van der Waals surface area contributed by atoms with Crippen molar-refractivity contribution >= 4 is 28.0 Å². The van der Waals surface area contributed by atoms with Crippen LogP contribution in [0, 0.1) is 18.8 Å². The van der Waals surface area contributed by atoms with Crippen LogP contribution in [0.25, 0.3) is 10.9 Å². The predicted molar refractivity (Wildman–Crippen MR) is 121 cm³/mol. The van der Waals surface area contributed by atoms with E-state index in [4.69, 9.17) is 12.2 Å². The molecule has 3 aromatic rings. The topological polar surface area (TPSA) is 8.17 Å².